The van der Waals surface area contributed by atoms with Crippen molar-refractivity contribution in [2.45, 2.75) is 13.5 Å². The molecule has 136 valence electrons. The molecule has 5 heteroatoms. The number of anilines is 1. The van der Waals surface area contributed by atoms with Gasteiger partial charge in [-0.05, 0) is 55.0 Å². The van der Waals surface area contributed by atoms with Gasteiger partial charge in [0.2, 0.25) is 0 Å². The maximum atomic E-state index is 12.4. The van der Waals surface area contributed by atoms with Gasteiger partial charge < -0.3 is 15.4 Å². The second-order valence-corrected chi connectivity index (χ2v) is 6.45. The second kappa shape index (κ2) is 8.96. The first kappa shape index (κ1) is 18.6. The van der Waals surface area contributed by atoms with Crippen LogP contribution in [-0.2, 0) is 6.54 Å². The van der Waals surface area contributed by atoms with Crippen molar-refractivity contribution in [2.75, 3.05) is 5.32 Å². The number of amides is 1. The molecule has 0 aliphatic heterocycles. The number of aryl methyl sites for hydroxylation is 1. The number of rotatable bonds is 5. The van der Waals surface area contributed by atoms with Gasteiger partial charge in [0.05, 0.1) is 0 Å². The summed E-state index contributed by atoms with van der Waals surface area (Å²) in [4.78, 5) is 12.4. The third-order valence-electron chi connectivity index (χ3n) is 3.90. The minimum Gasteiger partial charge on any atom is -0.432 e. The third-order valence-corrected chi connectivity index (χ3v) is 4.12. The van der Waals surface area contributed by atoms with Crippen molar-refractivity contribution in [1.29, 1.82) is 0 Å². The van der Waals surface area contributed by atoms with E-state index in [-0.39, 0.29) is 11.1 Å². The normalized spacial score (nSPS) is 10.1. The summed E-state index contributed by atoms with van der Waals surface area (Å²) < 4.78 is 5.63. The average Bonchev–Trinajstić information content (AvgIpc) is 2.69. The van der Waals surface area contributed by atoms with Crippen LogP contribution in [-0.4, -0.2) is 11.1 Å². The number of carbonyl (C=O) groups excluding carboxylic acids is 1. The molecule has 0 spiro atoms. The number of benzene rings is 3. The first-order valence-corrected chi connectivity index (χ1v) is 8.99. The Kier molecular flexibility index (Phi) is 6.18. The lowest BCUT2D eigenvalue weighted by atomic mass is 10.2. The van der Waals surface area contributed by atoms with E-state index in [9.17, 15) is 4.79 Å². The van der Waals surface area contributed by atoms with Gasteiger partial charge in [-0.2, -0.15) is 0 Å². The smallest absolute Gasteiger partial charge is 0.262 e. The van der Waals surface area contributed by atoms with E-state index in [1.807, 2.05) is 61.5 Å². The van der Waals surface area contributed by atoms with Crippen molar-refractivity contribution in [1.82, 2.24) is 5.32 Å². The molecular weight excluding hydrogens is 356 g/mol. The van der Waals surface area contributed by atoms with E-state index >= 15 is 0 Å². The molecule has 0 fully saturated rings. The molecule has 2 N–H and O–H groups in total. The van der Waals surface area contributed by atoms with Crippen molar-refractivity contribution in [3.05, 3.63) is 95.6 Å². The van der Waals surface area contributed by atoms with Crippen molar-refractivity contribution in [3.63, 3.8) is 0 Å². The topological polar surface area (TPSA) is 50.4 Å². The van der Waals surface area contributed by atoms with E-state index in [4.69, 9.17) is 17.0 Å². The van der Waals surface area contributed by atoms with E-state index in [2.05, 4.69) is 10.6 Å². The predicted octanol–water partition coefficient (Wildman–Crippen LogP) is 4.70. The molecule has 0 aliphatic carbocycles. The Hall–Kier alpha value is -3.18. The number of nitrogens with one attached hydrogen (secondary N) is 2. The van der Waals surface area contributed by atoms with E-state index in [0.29, 0.717) is 17.9 Å². The van der Waals surface area contributed by atoms with Crippen LogP contribution in [0.1, 0.15) is 21.5 Å². The number of ether oxygens (including phenoxy) is 1. The minimum absolute atomic E-state index is 0.201. The highest BCUT2D eigenvalue weighted by atomic mass is 32.1. The Morgan fingerprint density at radius 3 is 2.44 bits per heavy atom. The summed E-state index contributed by atoms with van der Waals surface area (Å²) in [6.07, 6.45) is 0. The summed E-state index contributed by atoms with van der Waals surface area (Å²) in [6.45, 7) is 2.58. The SMILES string of the molecule is Cc1ccc(NC(=O)c2cccc(OC(=S)NCc3ccccc3)c2)cc1. The zero-order valence-corrected chi connectivity index (χ0v) is 15.8. The lowest BCUT2D eigenvalue weighted by Crippen LogP contribution is -2.26. The van der Waals surface area contributed by atoms with Crippen LogP contribution in [0.4, 0.5) is 5.69 Å². The summed E-state index contributed by atoms with van der Waals surface area (Å²) in [6, 6.07) is 24.5. The summed E-state index contributed by atoms with van der Waals surface area (Å²) >= 11 is 5.23. The van der Waals surface area contributed by atoms with Crippen molar-refractivity contribution < 1.29 is 9.53 Å². The van der Waals surface area contributed by atoms with Gasteiger partial charge in [0.1, 0.15) is 5.75 Å². The third kappa shape index (κ3) is 5.66. The fourth-order valence-electron chi connectivity index (χ4n) is 2.45. The monoisotopic (exact) mass is 376 g/mol. The highest BCUT2D eigenvalue weighted by molar-refractivity contribution is 7.80. The number of hydrogen-bond acceptors (Lipinski definition) is 3. The van der Waals surface area contributed by atoms with E-state index in [1.54, 1.807) is 24.3 Å². The molecule has 0 radical (unpaired) electrons. The Balaban J connectivity index is 1.58. The van der Waals surface area contributed by atoms with Gasteiger partial charge in [0.15, 0.2) is 0 Å². The largest absolute Gasteiger partial charge is 0.432 e. The van der Waals surface area contributed by atoms with Crippen LogP contribution in [0.25, 0.3) is 0 Å². The highest BCUT2D eigenvalue weighted by Crippen LogP contribution is 2.16. The Bertz CT molecular complexity index is 925. The van der Waals surface area contributed by atoms with Crippen LogP contribution in [0.15, 0.2) is 78.9 Å². The maximum absolute atomic E-state index is 12.4. The fraction of sp³-hybridized carbons (Fsp3) is 0.0909. The van der Waals surface area contributed by atoms with Gasteiger partial charge in [0.25, 0.3) is 11.1 Å². The molecule has 0 bridgehead atoms. The molecule has 27 heavy (non-hydrogen) atoms. The fourth-order valence-corrected chi connectivity index (χ4v) is 2.62. The Morgan fingerprint density at radius 1 is 0.963 bits per heavy atom. The Morgan fingerprint density at radius 2 is 1.70 bits per heavy atom. The van der Waals surface area contributed by atoms with Gasteiger partial charge in [-0.3, -0.25) is 4.79 Å². The first-order chi connectivity index (χ1) is 13.1. The standard InChI is InChI=1S/C22H20N2O2S/c1-16-10-12-19(13-11-16)24-21(25)18-8-5-9-20(14-18)26-22(27)23-15-17-6-3-2-4-7-17/h2-14H,15H2,1H3,(H,23,27)(H,24,25). The molecule has 4 nitrogen and oxygen atoms in total. The lowest BCUT2D eigenvalue weighted by molar-refractivity contribution is 0.102. The summed E-state index contributed by atoms with van der Waals surface area (Å²) in [5, 5.41) is 6.18. The Labute approximate surface area is 164 Å². The zero-order valence-electron chi connectivity index (χ0n) is 14.9. The van der Waals surface area contributed by atoms with Crippen molar-refractivity contribution in [3.8, 4) is 5.75 Å². The zero-order chi connectivity index (χ0) is 19.1. The number of carbonyl (C=O) groups is 1. The van der Waals surface area contributed by atoms with E-state index in [1.165, 1.54) is 0 Å². The molecule has 0 atom stereocenters. The predicted molar refractivity (Wildman–Crippen MR) is 112 cm³/mol. The molecule has 0 aromatic heterocycles. The molecule has 0 saturated carbocycles. The lowest BCUT2D eigenvalue weighted by Gasteiger charge is -2.11. The van der Waals surface area contributed by atoms with Crippen LogP contribution >= 0.6 is 12.2 Å². The molecular formula is C22H20N2O2S. The van der Waals surface area contributed by atoms with Crippen molar-refractivity contribution in [2.24, 2.45) is 0 Å². The summed E-state index contributed by atoms with van der Waals surface area (Å²) in [7, 11) is 0. The van der Waals surface area contributed by atoms with Crippen LogP contribution in [0.2, 0.25) is 0 Å². The summed E-state index contributed by atoms with van der Waals surface area (Å²) in [5.41, 5.74) is 3.49. The van der Waals surface area contributed by atoms with Gasteiger partial charge in [-0.25, -0.2) is 0 Å². The molecule has 0 unspecified atom stereocenters. The maximum Gasteiger partial charge on any atom is 0.262 e. The van der Waals surface area contributed by atoms with Crippen LogP contribution in [0, 0.1) is 6.92 Å². The highest BCUT2D eigenvalue weighted by Gasteiger charge is 2.08. The van der Waals surface area contributed by atoms with Crippen molar-refractivity contribution >= 4 is 29.0 Å². The minimum atomic E-state index is -0.201. The first-order valence-electron chi connectivity index (χ1n) is 8.58. The molecule has 3 aromatic carbocycles. The quantitative estimate of drug-likeness (QED) is 0.634. The number of hydrogen-bond donors (Lipinski definition) is 2. The molecule has 0 heterocycles. The van der Waals surface area contributed by atoms with Gasteiger partial charge >= 0.3 is 0 Å². The van der Waals surface area contributed by atoms with Gasteiger partial charge in [-0.1, -0.05) is 54.1 Å². The van der Waals surface area contributed by atoms with Crippen LogP contribution in [0.5, 0.6) is 5.75 Å². The summed E-state index contributed by atoms with van der Waals surface area (Å²) in [5.74, 6) is 0.310. The van der Waals surface area contributed by atoms with Crippen LogP contribution < -0.4 is 15.4 Å². The van der Waals surface area contributed by atoms with E-state index < -0.39 is 0 Å². The molecule has 3 rings (SSSR count). The molecule has 0 aliphatic rings. The second-order valence-electron chi connectivity index (χ2n) is 6.08. The number of thiocarbonyl (C=S) groups is 1. The molecule has 1 amide bonds. The molecule has 0 saturated heterocycles. The van der Waals surface area contributed by atoms with E-state index in [0.717, 1.165) is 16.8 Å². The molecule has 3 aromatic rings. The average molecular weight is 376 g/mol. The van der Waals surface area contributed by atoms with Gasteiger partial charge in [-0.15, -0.1) is 0 Å². The van der Waals surface area contributed by atoms with Crippen LogP contribution in [0.3, 0.4) is 0 Å². The van der Waals surface area contributed by atoms with Gasteiger partial charge in [0, 0.05) is 17.8 Å².